The highest BCUT2D eigenvalue weighted by Crippen LogP contribution is 2.32. The number of nitrogens with one attached hydrogen (secondary N) is 1. The Morgan fingerprint density at radius 2 is 1.80 bits per heavy atom. The van der Waals surface area contributed by atoms with E-state index in [1.54, 1.807) is 14.2 Å². The lowest BCUT2D eigenvalue weighted by atomic mass is 10.0. The van der Waals surface area contributed by atoms with Gasteiger partial charge >= 0.3 is 0 Å². The Bertz CT molecular complexity index is 556. The summed E-state index contributed by atoms with van der Waals surface area (Å²) in [6.45, 7) is 3.66. The summed E-state index contributed by atoms with van der Waals surface area (Å²) in [5.41, 5.74) is 2.48. The van der Waals surface area contributed by atoms with Crippen molar-refractivity contribution in [2.75, 3.05) is 47.1 Å². The first kappa shape index (κ1) is 19.8. The molecule has 0 aromatic heterocycles. The van der Waals surface area contributed by atoms with Crippen LogP contribution in [0.3, 0.4) is 0 Å². The Kier molecular flexibility index (Phi) is 7.35. The third-order valence-electron chi connectivity index (χ3n) is 4.78. The minimum Gasteiger partial charge on any atom is -0.493 e. The van der Waals surface area contributed by atoms with Crippen LogP contribution >= 0.6 is 12.4 Å². The molecular weight excluding hydrogens is 344 g/mol. The summed E-state index contributed by atoms with van der Waals surface area (Å²) in [5, 5.41) is 3.35. The lowest BCUT2D eigenvalue weighted by Gasteiger charge is -2.27. The zero-order chi connectivity index (χ0) is 16.9. The minimum atomic E-state index is 0. The first-order valence-electron chi connectivity index (χ1n) is 8.54. The van der Waals surface area contributed by atoms with Crippen molar-refractivity contribution in [1.82, 2.24) is 10.2 Å². The van der Waals surface area contributed by atoms with E-state index in [0.29, 0.717) is 13.0 Å². The van der Waals surface area contributed by atoms with Crippen LogP contribution < -0.4 is 14.8 Å². The number of morpholine rings is 1. The number of carbonyl (C=O) groups excluding carboxylic acids is 1. The molecule has 2 heterocycles. The number of fused-ring (bicyclic) bond motifs is 1. The van der Waals surface area contributed by atoms with Gasteiger partial charge in [-0.1, -0.05) is 0 Å². The molecule has 2 aliphatic heterocycles. The SMILES string of the molecule is COc1cc2c(cc1OC)CCN(C(=O)CC1COCCN1)CC2.Cl. The molecule has 1 atom stereocenters. The van der Waals surface area contributed by atoms with Crippen LogP contribution in [0.1, 0.15) is 17.5 Å². The number of amides is 1. The van der Waals surface area contributed by atoms with E-state index in [9.17, 15) is 4.79 Å². The molecule has 7 heteroatoms. The Morgan fingerprint density at radius 3 is 2.28 bits per heavy atom. The van der Waals surface area contributed by atoms with Crippen molar-refractivity contribution in [3.63, 3.8) is 0 Å². The molecule has 0 spiro atoms. The lowest BCUT2D eigenvalue weighted by Crippen LogP contribution is -2.45. The summed E-state index contributed by atoms with van der Waals surface area (Å²) < 4.78 is 16.2. The van der Waals surface area contributed by atoms with Gasteiger partial charge in [-0.2, -0.15) is 0 Å². The molecule has 1 aromatic rings. The molecule has 0 radical (unpaired) electrons. The highest BCUT2D eigenvalue weighted by atomic mass is 35.5. The number of hydrogen-bond acceptors (Lipinski definition) is 5. The predicted molar refractivity (Wildman–Crippen MR) is 98.0 cm³/mol. The Labute approximate surface area is 155 Å². The summed E-state index contributed by atoms with van der Waals surface area (Å²) in [6, 6.07) is 4.22. The number of hydrogen-bond donors (Lipinski definition) is 1. The van der Waals surface area contributed by atoms with Crippen molar-refractivity contribution in [3.05, 3.63) is 23.3 Å². The molecule has 0 bridgehead atoms. The predicted octanol–water partition coefficient (Wildman–Crippen LogP) is 1.43. The summed E-state index contributed by atoms with van der Waals surface area (Å²) in [6.07, 6.45) is 2.19. The second-order valence-electron chi connectivity index (χ2n) is 6.29. The smallest absolute Gasteiger partial charge is 0.224 e. The van der Waals surface area contributed by atoms with Gasteiger partial charge in [0.2, 0.25) is 5.91 Å². The average molecular weight is 371 g/mol. The Hall–Kier alpha value is -1.50. The van der Waals surface area contributed by atoms with Gasteiger partial charge in [-0.05, 0) is 36.1 Å². The second kappa shape index (κ2) is 9.27. The van der Waals surface area contributed by atoms with Gasteiger partial charge in [0.1, 0.15) is 0 Å². The third kappa shape index (κ3) is 4.77. The molecule has 1 N–H and O–H groups in total. The molecule has 6 nitrogen and oxygen atoms in total. The Morgan fingerprint density at radius 1 is 1.20 bits per heavy atom. The highest BCUT2D eigenvalue weighted by Gasteiger charge is 2.24. The van der Waals surface area contributed by atoms with E-state index in [1.807, 2.05) is 17.0 Å². The number of halogens is 1. The first-order valence-corrected chi connectivity index (χ1v) is 8.54. The molecule has 0 saturated carbocycles. The zero-order valence-electron chi connectivity index (χ0n) is 14.9. The molecule has 1 fully saturated rings. The number of benzene rings is 1. The summed E-state index contributed by atoms with van der Waals surface area (Å²) in [7, 11) is 3.30. The van der Waals surface area contributed by atoms with Crippen molar-refractivity contribution in [2.45, 2.75) is 25.3 Å². The molecule has 1 saturated heterocycles. The lowest BCUT2D eigenvalue weighted by molar-refractivity contribution is -0.132. The maximum Gasteiger partial charge on any atom is 0.224 e. The third-order valence-corrected chi connectivity index (χ3v) is 4.78. The maximum absolute atomic E-state index is 12.6. The van der Waals surface area contributed by atoms with E-state index in [0.717, 1.165) is 50.6 Å². The first-order chi connectivity index (χ1) is 11.7. The highest BCUT2D eigenvalue weighted by molar-refractivity contribution is 5.85. The number of carbonyl (C=O) groups is 1. The van der Waals surface area contributed by atoms with Crippen LogP contribution in [0.15, 0.2) is 12.1 Å². The van der Waals surface area contributed by atoms with E-state index in [2.05, 4.69) is 5.32 Å². The normalized spacial score (nSPS) is 20.1. The van der Waals surface area contributed by atoms with Crippen molar-refractivity contribution in [2.24, 2.45) is 0 Å². The number of ether oxygens (including phenoxy) is 3. The van der Waals surface area contributed by atoms with Gasteiger partial charge in [0.25, 0.3) is 0 Å². The van der Waals surface area contributed by atoms with E-state index < -0.39 is 0 Å². The van der Waals surface area contributed by atoms with Crippen molar-refractivity contribution in [3.8, 4) is 11.5 Å². The van der Waals surface area contributed by atoms with Crippen LogP contribution in [0.4, 0.5) is 0 Å². The van der Waals surface area contributed by atoms with E-state index in [4.69, 9.17) is 14.2 Å². The van der Waals surface area contributed by atoms with E-state index in [1.165, 1.54) is 11.1 Å². The maximum atomic E-state index is 12.6. The minimum absolute atomic E-state index is 0. The molecular formula is C18H27ClN2O4. The summed E-state index contributed by atoms with van der Waals surface area (Å²) in [5.74, 6) is 1.70. The van der Waals surface area contributed by atoms with Crippen LogP contribution in [-0.4, -0.2) is 63.9 Å². The van der Waals surface area contributed by atoms with Gasteiger partial charge in [-0.3, -0.25) is 4.79 Å². The van der Waals surface area contributed by atoms with Gasteiger partial charge < -0.3 is 24.4 Å². The molecule has 1 aromatic carbocycles. The largest absolute Gasteiger partial charge is 0.493 e. The second-order valence-corrected chi connectivity index (χ2v) is 6.29. The van der Waals surface area contributed by atoms with Crippen LogP contribution in [0.5, 0.6) is 11.5 Å². The van der Waals surface area contributed by atoms with Crippen LogP contribution in [-0.2, 0) is 22.4 Å². The number of rotatable bonds is 4. The average Bonchev–Trinajstić information content (AvgIpc) is 2.83. The van der Waals surface area contributed by atoms with Crippen molar-refractivity contribution in [1.29, 1.82) is 0 Å². The van der Waals surface area contributed by atoms with Gasteiger partial charge in [0.05, 0.1) is 27.4 Å². The van der Waals surface area contributed by atoms with Gasteiger partial charge in [0, 0.05) is 32.1 Å². The van der Waals surface area contributed by atoms with Gasteiger partial charge in [-0.25, -0.2) is 0 Å². The van der Waals surface area contributed by atoms with Crippen LogP contribution in [0.2, 0.25) is 0 Å². The Balaban J connectivity index is 0.00000225. The number of nitrogens with zero attached hydrogens (tertiary/aromatic N) is 1. The molecule has 2 aliphatic rings. The summed E-state index contributed by atoms with van der Waals surface area (Å²) >= 11 is 0. The monoisotopic (exact) mass is 370 g/mol. The van der Waals surface area contributed by atoms with Gasteiger partial charge in [0.15, 0.2) is 11.5 Å². The quantitative estimate of drug-likeness (QED) is 0.868. The summed E-state index contributed by atoms with van der Waals surface area (Å²) in [4.78, 5) is 14.6. The molecule has 1 amide bonds. The van der Waals surface area contributed by atoms with E-state index in [-0.39, 0.29) is 24.4 Å². The zero-order valence-corrected chi connectivity index (χ0v) is 15.7. The van der Waals surface area contributed by atoms with Crippen molar-refractivity contribution >= 4 is 18.3 Å². The fourth-order valence-corrected chi connectivity index (χ4v) is 3.39. The fraction of sp³-hybridized carbons (Fsp3) is 0.611. The molecule has 1 unspecified atom stereocenters. The standard InChI is InChI=1S/C18H26N2O4.ClH/c1-22-16-9-13-3-6-20(7-4-14(13)10-17(16)23-2)18(21)11-15-12-24-8-5-19-15;/h9-10,15,19H,3-8,11-12H2,1-2H3;1H. The number of methoxy groups -OCH3 is 2. The fourth-order valence-electron chi connectivity index (χ4n) is 3.39. The van der Waals surface area contributed by atoms with E-state index >= 15 is 0 Å². The molecule has 25 heavy (non-hydrogen) atoms. The molecule has 3 rings (SSSR count). The van der Waals surface area contributed by atoms with Gasteiger partial charge in [-0.15, -0.1) is 12.4 Å². The van der Waals surface area contributed by atoms with Crippen molar-refractivity contribution < 1.29 is 19.0 Å². The van der Waals surface area contributed by atoms with Crippen LogP contribution in [0.25, 0.3) is 0 Å². The topological polar surface area (TPSA) is 60.0 Å². The molecule has 0 aliphatic carbocycles. The van der Waals surface area contributed by atoms with Crippen LogP contribution in [0, 0.1) is 0 Å². The molecule has 140 valence electrons.